The molecule has 0 unspecified atom stereocenters. The molecule has 0 aliphatic carbocycles. The van der Waals surface area contributed by atoms with Crippen molar-refractivity contribution in [1.82, 2.24) is 9.55 Å². The number of hydrogen-bond acceptors (Lipinski definition) is 2. The molecule has 0 fully saturated rings. The van der Waals surface area contributed by atoms with Gasteiger partial charge < -0.3 is 5.73 Å². The van der Waals surface area contributed by atoms with Crippen molar-refractivity contribution in [2.75, 3.05) is 5.73 Å². The number of aryl methyl sites for hydroxylation is 1. The first-order valence-corrected chi connectivity index (χ1v) is 5.20. The van der Waals surface area contributed by atoms with Crippen LogP contribution in [0.4, 0.5) is 5.95 Å². The molecule has 0 amide bonds. The summed E-state index contributed by atoms with van der Waals surface area (Å²) in [5.41, 5.74) is 8.23. The molecule has 2 N–H and O–H groups in total. The second-order valence-corrected chi connectivity index (χ2v) is 3.53. The van der Waals surface area contributed by atoms with Gasteiger partial charge in [0, 0.05) is 12.4 Å². The molecule has 15 heavy (non-hydrogen) atoms. The summed E-state index contributed by atoms with van der Waals surface area (Å²) in [5.74, 6) is 0.540. The molecule has 0 atom stereocenters. The number of benzene rings is 1. The van der Waals surface area contributed by atoms with Crippen molar-refractivity contribution in [2.24, 2.45) is 0 Å². The fraction of sp³-hybridized carbons (Fsp3) is 0.250. The largest absolute Gasteiger partial charge is 0.369 e. The SMILES string of the molecule is CCCc1ccccc1-n1ccnc1N. The van der Waals surface area contributed by atoms with E-state index < -0.39 is 0 Å². The lowest BCUT2D eigenvalue weighted by molar-refractivity contribution is 0.901. The maximum Gasteiger partial charge on any atom is 0.204 e. The molecule has 0 saturated heterocycles. The molecule has 3 heteroatoms. The van der Waals surface area contributed by atoms with Gasteiger partial charge in [0.05, 0.1) is 5.69 Å². The van der Waals surface area contributed by atoms with Crippen LogP contribution >= 0.6 is 0 Å². The Morgan fingerprint density at radius 2 is 2.13 bits per heavy atom. The summed E-state index contributed by atoms with van der Waals surface area (Å²) in [6.45, 7) is 2.17. The second kappa shape index (κ2) is 4.17. The third kappa shape index (κ3) is 1.86. The van der Waals surface area contributed by atoms with Crippen molar-refractivity contribution in [1.29, 1.82) is 0 Å². The van der Waals surface area contributed by atoms with Crippen LogP contribution in [0.2, 0.25) is 0 Å². The molecular weight excluding hydrogens is 186 g/mol. The molecule has 0 bridgehead atoms. The number of imidazole rings is 1. The van der Waals surface area contributed by atoms with Crippen molar-refractivity contribution in [3.8, 4) is 5.69 Å². The van der Waals surface area contributed by atoms with Gasteiger partial charge in [0.25, 0.3) is 0 Å². The number of nitrogens with two attached hydrogens (primary N) is 1. The van der Waals surface area contributed by atoms with E-state index in [0.29, 0.717) is 5.95 Å². The van der Waals surface area contributed by atoms with Gasteiger partial charge in [0.2, 0.25) is 5.95 Å². The van der Waals surface area contributed by atoms with Gasteiger partial charge in [-0.1, -0.05) is 31.5 Å². The summed E-state index contributed by atoms with van der Waals surface area (Å²) < 4.78 is 1.92. The quantitative estimate of drug-likeness (QED) is 0.828. The predicted molar refractivity (Wildman–Crippen MR) is 62.0 cm³/mol. The number of hydrogen-bond donors (Lipinski definition) is 1. The summed E-state index contributed by atoms with van der Waals surface area (Å²) in [5, 5.41) is 0. The highest BCUT2D eigenvalue weighted by atomic mass is 15.1. The minimum atomic E-state index is 0.540. The van der Waals surface area contributed by atoms with Gasteiger partial charge in [-0.15, -0.1) is 0 Å². The summed E-state index contributed by atoms with van der Waals surface area (Å²) in [7, 11) is 0. The Hall–Kier alpha value is -1.77. The standard InChI is InChI=1S/C12H15N3/c1-2-5-10-6-3-4-7-11(10)15-9-8-14-12(15)13/h3-4,6-9H,2,5H2,1H3,(H2,13,14). The highest BCUT2D eigenvalue weighted by Crippen LogP contribution is 2.18. The van der Waals surface area contributed by atoms with E-state index in [1.807, 2.05) is 16.8 Å². The van der Waals surface area contributed by atoms with Gasteiger partial charge in [-0.05, 0) is 18.1 Å². The van der Waals surface area contributed by atoms with Gasteiger partial charge in [0.15, 0.2) is 0 Å². The Bertz CT molecular complexity index is 446. The van der Waals surface area contributed by atoms with E-state index in [4.69, 9.17) is 5.73 Å². The molecule has 3 nitrogen and oxygen atoms in total. The number of anilines is 1. The first-order valence-electron chi connectivity index (χ1n) is 5.20. The second-order valence-electron chi connectivity index (χ2n) is 3.53. The summed E-state index contributed by atoms with van der Waals surface area (Å²) in [6.07, 6.45) is 5.81. The van der Waals surface area contributed by atoms with E-state index in [1.165, 1.54) is 5.56 Å². The van der Waals surface area contributed by atoms with Crippen LogP contribution in [0.1, 0.15) is 18.9 Å². The van der Waals surface area contributed by atoms with E-state index in [-0.39, 0.29) is 0 Å². The molecule has 78 valence electrons. The van der Waals surface area contributed by atoms with Crippen LogP contribution in [0.25, 0.3) is 5.69 Å². The van der Waals surface area contributed by atoms with E-state index in [2.05, 4.69) is 30.1 Å². The van der Waals surface area contributed by atoms with Crippen LogP contribution < -0.4 is 5.73 Å². The Labute approximate surface area is 89.6 Å². The van der Waals surface area contributed by atoms with Gasteiger partial charge in [-0.3, -0.25) is 4.57 Å². The van der Waals surface area contributed by atoms with E-state index in [0.717, 1.165) is 18.5 Å². The molecule has 0 aliphatic heterocycles. The molecule has 0 aliphatic rings. The molecule has 0 spiro atoms. The topological polar surface area (TPSA) is 43.8 Å². The summed E-state index contributed by atoms with van der Waals surface area (Å²) in [4.78, 5) is 4.03. The third-order valence-corrected chi connectivity index (χ3v) is 2.44. The highest BCUT2D eigenvalue weighted by Gasteiger charge is 2.05. The zero-order valence-electron chi connectivity index (χ0n) is 8.85. The Balaban J connectivity index is 2.48. The van der Waals surface area contributed by atoms with Crippen LogP contribution in [0.5, 0.6) is 0 Å². The molecule has 1 heterocycles. The lowest BCUT2D eigenvalue weighted by Gasteiger charge is -2.10. The fourth-order valence-corrected chi connectivity index (χ4v) is 1.75. The smallest absolute Gasteiger partial charge is 0.204 e. The Morgan fingerprint density at radius 1 is 1.33 bits per heavy atom. The zero-order valence-corrected chi connectivity index (χ0v) is 8.85. The van der Waals surface area contributed by atoms with Crippen molar-refractivity contribution in [3.05, 3.63) is 42.2 Å². The first-order chi connectivity index (χ1) is 7.33. The normalized spacial score (nSPS) is 10.5. The monoisotopic (exact) mass is 201 g/mol. The van der Waals surface area contributed by atoms with E-state index in [9.17, 15) is 0 Å². The van der Waals surface area contributed by atoms with Gasteiger partial charge >= 0.3 is 0 Å². The lowest BCUT2D eigenvalue weighted by Crippen LogP contribution is -2.02. The molecule has 2 rings (SSSR count). The summed E-state index contributed by atoms with van der Waals surface area (Å²) in [6, 6.07) is 8.29. The molecule has 1 aromatic carbocycles. The minimum absolute atomic E-state index is 0.540. The number of nitrogen functional groups attached to an aromatic ring is 1. The van der Waals surface area contributed by atoms with Crippen LogP contribution in [-0.2, 0) is 6.42 Å². The third-order valence-electron chi connectivity index (χ3n) is 2.44. The first kappa shape index (κ1) is 9.77. The molecular formula is C12H15N3. The number of aromatic nitrogens is 2. The average molecular weight is 201 g/mol. The van der Waals surface area contributed by atoms with Crippen LogP contribution in [0.3, 0.4) is 0 Å². The van der Waals surface area contributed by atoms with Crippen molar-refractivity contribution in [3.63, 3.8) is 0 Å². The number of nitrogens with zero attached hydrogens (tertiary/aromatic N) is 2. The van der Waals surface area contributed by atoms with Crippen LogP contribution in [0.15, 0.2) is 36.7 Å². The Kier molecular flexibility index (Phi) is 2.72. The Morgan fingerprint density at radius 3 is 2.80 bits per heavy atom. The van der Waals surface area contributed by atoms with Crippen LogP contribution in [0, 0.1) is 0 Å². The summed E-state index contributed by atoms with van der Waals surface area (Å²) >= 11 is 0. The fourth-order valence-electron chi connectivity index (χ4n) is 1.75. The molecule has 2 aromatic rings. The van der Waals surface area contributed by atoms with Crippen molar-refractivity contribution in [2.45, 2.75) is 19.8 Å². The average Bonchev–Trinajstić information content (AvgIpc) is 2.66. The van der Waals surface area contributed by atoms with Gasteiger partial charge in [-0.2, -0.15) is 0 Å². The molecule has 0 radical (unpaired) electrons. The van der Waals surface area contributed by atoms with Crippen molar-refractivity contribution >= 4 is 5.95 Å². The zero-order chi connectivity index (χ0) is 10.7. The lowest BCUT2D eigenvalue weighted by atomic mass is 10.1. The minimum Gasteiger partial charge on any atom is -0.369 e. The highest BCUT2D eigenvalue weighted by molar-refractivity contribution is 5.45. The van der Waals surface area contributed by atoms with Gasteiger partial charge in [0.1, 0.15) is 0 Å². The number of para-hydroxylation sites is 1. The maximum atomic E-state index is 5.79. The van der Waals surface area contributed by atoms with Crippen LogP contribution in [-0.4, -0.2) is 9.55 Å². The van der Waals surface area contributed by atoms with Gasteiger partial charge in [-0.25, -0.2) is 4.98 Å². The maximum absolute atomic E-state index is 5.79. The predicted octanol–water partition coefficient (Wildman–Crippen LogP) is 2.41. The van der Waals surface area contributed by atoms with E-state index >= 15 is 0 Å². The van der Waals surface area contributed by atoms with E-state index in [1.54, 1.807) is 6.20 Å². The van der Waals surface area contributed by atoms with Crippen molar-refractivity contribution < 1.29 is 0 Å². The molecule has 1 aromatic heterocycles. The number of rotatable bonds is 3. The molecule has 0 saturated carbocycles.